The van der Waals surface area contributed by atoms with Crippen LogP contribution in [0.1, 0.15) is 31.4 Å². The smallest absolute Gasteiger partial charge is 0.406 e. The van der Waals surface area contributed by atoms with Gasteiger partial charge in [-0.25, -0.2) is 0 Å². The van der Waals surface area contributed by atoms with Crippen molar-refractivity contribution in [1.29, 1.82) is 0 Å². The van der Waals surface area contributed by atoms with E-state index in [0.717, 1.165) is 18.5 Å². The largest absolute Gasteiger partial charge is 0.573 e. The van der Waals surface area contributed by atoms with Gasteiger partial charge in [0.25, 0.3) is 0 Å². The Morgan fingerprint density at radius 2 is 1.95 bits per heavy atom. The number of hydrogen-bond donors (Lipinski definition) is 1. The number of nitrogens with one attached hydrogen (secondary N) is 1. The summed E-state index contributed by atoms with van der Waals surface area (Å²) in [6, 6.07) is 5.71. The molecule has 1 aromatic rings. The predicted molar refractivity (Wildman–Crippen MR) is 67.6 cm³/mol. The van der Waals surface area contributed by atoms with Gasteiger partial charge in [0.15, 0.2) is 0 Å². The first-order chi connectivity index (χ1) is 8.96. The standard InChI is InChI=1S/C14H16F3NO/c1-3-5-13(18-10-4-2)11-6-8-12(9-7-11)19-14(15,16)17/h1,6-9,13,18H,4-5,10H2,2H3. The second-order valence-electron chi connectivity index (χ2n) is 4.03. The Morgan fingerprint density at radius 3 is 2.42 bits per heavy atom. The Hall–Kier alpha value is -1.67. The molecule has 1 N–H and O–H groups in total. The molecule has 0 bridgehead atoms. The van der Waals surface area contributed by atoms with Crippen LogP contribution in [0.15, 0.2) is 24.3 Å². The van der Waals surface area contributed by atoms with Crippen LogP contribution in [0.25, 0.3) is 0 Å². The minimum atomic E-state index is -4.67. The molecule has 5 heteroatoms. The lowest BCUT2D eigenvalue weighted by molar-refractivity contribution is -0.274. The summed E-state index contributed by atoms with van der Waals surface area (Å²) in [5.41, 5.74) is 0.848. The lowest BCUT2D eigenvalue weighted by Crippen LogP contribution is -2.22. The highest BCUT2D eigenvalue weighted by molar-refractivity contribution is 5.30. The summed E-state index contributed by atoms with van der Waals surface area (Å²) >= 11 is 0. The van der Waals surface area contributed by atoms with Crippen molar-refractivity contribution in [3.8, 4) is 18.1 Å². The zero-order valence-corrected chi connectivity index (χ0v) is 10.6. The van der Waals surface area contributed by atoms with E-state index in [4.69, 9.17) is 6.42 Å². The van der Waals surface area contributed by atoms with E-state index in [1.54, 1.807) is 12.1 Å². The summed E-state index contributed by atoms with van der Waals surface area (Å²) in [4.78, 5) is 0. The van der Waals surface area contributed by atoms with Crippen LogP contribution >= 0.6 is 0 Å². The average Bonchev–Trinajstić information content (AvgIpc) is 2.34. The molecule has 0 heterocycles. The van der Waals surface area contributed by atoms with E-state index in [9.17, 15) is 13.2 Å². The molecule has 1 aromatic carbocycles. The zero-order valence-electron chi connectivity index (χ0n) is 10.6. The molecular formula is C14H16F3NO. The van der Waals surface area contributed by atoms with Gasteiger partial charge in [-0.15, -0.1) is 25.5 Å². The highest BCUT2D eigenvalue weighted by Gasteiger charge is 2.31. The maximum absolute atomic E-state index is 12.0. The molecular weight excluding hydrogens is 255 g/mol. The normalized spacial score (nSPS) is 12.8. The summed E-state index contributed by atoms with van der Waals surface area (Å²) in [6.07, 6.45) is 2.06. The van der Waals surface area contributed by atoms with E-state index in [2.05, 4.69) is 16.0 Å². The minimum absolute atomic E-state index is 0.0510. The average molecular weight is 271 g/mol. The lowest BCUT2D eigenvalue weighted by atomic mass is 10.0. The molecule has 0 aliphatic carbocycles. The first-order valence-corrected chi connectivity index (χ1v) is 5.99. The van der Waals surface area contributed by atoms with Crippen LogP contribution in [0, 0.1) is 12.3 Å². The SMILES string of the molecule is C#CCC(NCCC)c1ccc(OC(F)(F)F)cc1. The Kier molecular flexibility index (Phi) is 5.71. The summed E-state index contributed by atoms with van der Waals surface area (Å²) in [7, 11) is 0. The van der Waals surface area contributed by atoms with Crippen molar-refractivity contribution in [2.75, 3.05) is 6.54 Å². The molecule has 0 amide bonds. The van der Waals surface area contributed by atoms with Crippen LogP contribution in [-0.2, 0) is 0 Å². The van der Waals surface area contributed by atoms with E-state index < -0.39 is 6.36 Å². The van der Waals surface area contributed by atoms with Crippen molar-refractivity contribution >= 4 is 0 Å². The number of alkyl halides is 3. The first kappa shape index (κ1) is 15.4. The predicted octanol–water partition coefficient (Wildman–Crippen LogP) is 3.65. The monoisotopic (exact) mass is 271 g/mol. The van der Waals surface area contributed by atoms with E-state index in [0.29, 0.717) is 6.42 Å². The van der Waals surface area contributed by atoms with Crippen molar-refractivity contribution in [2.45, 2.75) is 32.2 Å². The third-order valence-corrected chi connectivity index (χ3v) is 2.48. The lowest BCUT2D eigenvalue weighted by Gasteiger charge is -2.17. The summed E-state index contributed by atoms with van der Waals surface area (Å²) in [5, 5.41) is 3.25. The van der Waals surface area contributed by atoms with Gasteiger partial charge in [0.05, 0.1) is 0 Å². The van der Waals surface area contributed by atoms with Gasteiger partial charge in [0.1, 0.15) is 5.75 Å². The molecule has 0 saturated heterocycles. The maximum Gasteiger partial charge on any atom is 0.573 e. The highest BCUT2D eigenvalue weighted by Crippen LogP contribution is 2.25. The molecule has 0 radical (unpaired) electrons. The van der Waals surface area contributed by atoms with Gasteiger partial charge in [-0.05, 0) is 30.7 Å². The van der Waals surface area contributed by atoms with Crippen LogP contribution in [0.4, 0.5) is 13.2 Å². The van der Waals surface area contributed by atoms with E-state index in [1.165, 1.54) is 12.1 Å². The van der Waals surface area contributed by atoms with Gasteiger partial charge in [-0.1, -0.05) is 19.1 Å². The molecule has 2 nitrogen and oxygen atoms in total. The van der Waals surface area contributed by atoms with Crippen LogP contribution < -0.4 is 10.1 Å². The first-order valence-electron chi connectivity index (χ1n) is 5.99. The van der Waals surface area contributed by atoms with Crippen LogP contribution in [0.2, 0.25) is 0 Å². The fourth-order valence-electron chi connectivity index (χ4n) is 1.65. The minimum Gasteiger partial charge on any atom is -0.406 e. The molecule has 19 heavy (non-hydrogen) atoms. The Labute approximate surface area is 111 Å². The second-order valence-corrected chi connectivity index (χ2v) is 4.03. The van der Waals surface area contributed by atoms with Gasteiger partial charge >= 0.3 is 6.36 Å². The molecule has 0 aromatic heterocycles. The molecule has 0 fully saturated rings. The number of hydrogen-bond acceptors (Lipinski definition) is 2. The van der Waals surface area contributed by atoms with E-state index in [1.807, 2.05) is 6.92 Å². The Bertz CT molecular complexity index is 420. The summed E-state index contributed by atoms with van der Waals surface area (Å²) in [6.45, 7) is 2.83. The molecule has 0 spiro atoms. The van der Waals surface area contributed by atoms with E-state index >= 15 is 0 Å². The highest BCUT2D eigenvalue weighted by atomic mass is 19.4. The van der Waals surface area contributed by atoms with Crippen LogP contribution in [-0.4, -0.2) is 12.9 Å². The van der Waals surface area contributed by atoms with Crippen LogP contribution in [0.3, 0.4) is 0 Å². The molecule has 1 unspecified atom stereocenters. The molecule has 1 rings (SSSR count). The number of rotatable bonds is 6. The zero-order chi connectivity index (χ0) is 14.3. The molecule has 104 valence electrons. The van der Waals surface area contributed by atoms with Crippen molar-refractivity contribution in [1.82, 2.24) is 5.32 Å². The number of halogens is 3. The van der Waals surface area contributed by atoms with Gasteiger partial charge in [0.2, 0.25) is 0 Å². The fourth-order valence-corrected chi connectivity index (χ4v) is 1.65. The van der Waals surface area contributed by atoms with Crippen molar-refractivity contribution in [2.24, 2.45) is 0 Å². The van der Waals surface area contributed by atoms with Gasteiger partial charge in [0, 0.05) is 12.5 Å². The van der Waals surface area contributed by atoms with Crippen molar-refractivity contribution in [3.63, 3.8) is 0 Å². The van der Waals surface area contributed by atoms with Crippen molar-refractivity contribution < 1.29 is 17.9 Å². The third-order valence-electron chi connectivity index (χ3n) is 2.48. The summed E-state index contributed by atoms with van der Waals surface area (Å²) in [5.74, 6) is 2.32. The quantitative estimate of drug-likeness (QED) is 0.797. The number of terminal acetylenes is 1. The molecule has 1 atom stereocenters. The molecule has 0 aliphatic rings. The van der Waals surface area contributed by atoms with Gasteiger partial charge < -0.3 is 10.1 Å². The molecule has 0 aliphatic heterocycles. The second kappa shape index (κ2) is 7.05. The summed E-state index contributed by atoms with van der Waals surface area (Å²) < 4.78 is 39.9. The van der Waals surface area contributed by atoms with Gasteiger partial charge in [-0.3, -0.25) is 0 Å². The Morgan fingerprint density at radius 1 is 1.32 bits per heavy atom. The van der Waals surface area contributed by atoms with Gasteiger partial charge in [-0.2, -0.15) is 0 Å². The fraction of sp³-hybridized carbons (Fsp3) is 0.429. The number of benzene rings is 1. The van der Waals surface area contributed by atoms with Crippen LogP contribution in [0.5, 0.6) is 5.75 Å². The third kappa shape index (κ3) is 5.66. The molecule has 0 saturated carbocycles. The number of ether oxygens (including phenoxy) is 1. The van der Waals surface area contributed by atoms with E-state index in [-0.39, 0.29) is 11.8 Å². The Balaban J connectivity index is 2.74. The maximum atomic E-state index is 12.0. The topological polar surface area (TPSA) is 21.3 Å². The van der Waals surface area contributed by atoms with Crippen molar-refractivity contribution in [3.05, 3.63) is 29.8 Å².